The topological polar surface area (TPSA) is 80.9 Å². The van der Waals surface area contributed by atoms with Crippen LogP contribution in [0, 0.1) is 0 Å². The predicted octanol–water partition coefficient (Wildman–Crippen LogP) is 1.93. The van der Waals surface area contributed by atoms with Gasteiger partial charge in [0.15, 0.2) is 0 Å². The fourth-order valence-corrected chi connectivity index (χ4v) is 1.63. The van der Waals surface area contributed by atoms with Gasteiger partial charge in [0.1, 0.15) is 5.01 Å². The third-order valence-electron chi connectivity index (χ3n) is 1.87. The number of nitrogens with zero attached hydrogens (tertiary/aromatic N) is 2. The molecule has 1 rings (SSSR count). The number of carbonyl (C=O) groups excluding carboxylic acids is 1. The monoisotopic (exact) mass is 278 g/mol. The maximum absolute atomic E-state index is 11.6. The van der Waals surface area contributed by atoms with E-state index < -0.39 is 5.54 Å². The van der Waals surface area contributed by atoms with Gasteiger partial charge in [-0.2, -0.15) is 0 Å². The number of anilines is 1. The zero-order valence-electron chi connectivity index (χ0n) is 10.7. The molecule has 7 heteroatoms. The SMILES string of the molecule is CC(C)(N)C(=O)Nc1nnc(C(C)(C)C)s1.Cl. The Kier molecular flexibility index (Phi) is 5.06. The number of hydrogen-bond donors (Lipinski definition) is 2. The Balaban J connectivity index is 0.00000256. The molecule has 0 aliphatic rings. The van der Waals surface area contributed by atoms with E-state index in [1.807, 2.05) is 20.8 Å². The Bertz CT molecular complexity index is 392. The Morgan fingerprint density at radius 1 is 1.24 bits per heavy atom. The number of halogens is 1. The summed E-state index contributed by atoms with van der Waals surface area (Å²) >= 11 is 1.37. The zero-order valence-corrected chi connectivity index (χ0v) is 12.3. The van der Waals surface area contributed by atoms with E-state index in [0.717, 1.165) is 5.01 Å². The van der Waals surface area contributed by atoms with Crippen molar-refractivity contribution in [3.05, 3.63) is 5.01 Å². The maximum atomic E-state index is 11.6. The van der Waals surface area contributed by atoms with Crippen molar-refractivity contribution in [3.63, 3.8) is 0 Å². The predicted molar refractivity (Wildman–Crippen MR) is 72.8 cm³/mol. The molecule has 0 saturated carbocycles. The minimum Gasteiger partial charge on any atom is -0.318 e. The van der Waals surface area contributed by atoms with E-state index in [1.165, 1.54) is 11.3 Å². The number of amides is 1. The molecule has 5 nitrogen and oxygen atoms in total. The van der Waals surface area contributed by atoms with Crippen LogP contribution in [0.4, 0.5) is 5.13 Å². The number of nitrogens with one attached hydrogen (secondary N) is 1. The fraction of sp³-hybridized carbons (Fsp3) is 0.700. The molecule has 0 aliphatic heterocycles. The molecular formula is C10H19ClN4OS. The largest absolute Gasteiger partial charge is 0.318 e. The molecule has 0 radical (unpaired) electrons. The highest BCUT2D eigenvalue weighted by molar-refractivity contribution is 7.15. The summed E-state index contributed by atoms with van der Waals surface area (Å²) in [7, 11) is 0. The lowest BCUT2D eigenvalue weighted by atomic mass is 9.98. The molecule has 0 atom stereocenters. The van der Waals surface area contributed by atoms with Crippen LogP contribution in [0.15, 0.2) is 0 Å². The van der Waals surface area contributed by atoms with Crippen LogP contribution in [0.2, 0.25) is 0 Å². The fourth-order valence-electron chi connectivity index (χ4n) is 0.835. The zero-order chi connectivity index (χ0) is 12.6. The summed E-state index contributed by atoms with van der Waals surface area (Å²) in [4.78, 5) is 11.6. The third-order valence-corrected chi connectivity index (χ3v) is 3.14. The van der Waals surface area contributed by atoms with Crippen LogP contribution in [0.25, 0.3) is 0 Å². The Morgan fingerprint density at radius 2 is 1.76 bits per heavy atom. The van der Waals surface area contributed by atoms with Gasteiger partial charge in [0.05, 0.1) is 5.54 Å². The summed E-state index contributed by atoms with van der Waals surface area (Å²) in [5.41, 5.74) is 4.70. The molecule has 0 aromatic carbocycles. The minimum absolute atomic E-state index is 0. The molecule has 17 heavy (non-hydrogen) atoms. The van der Waals surface area contributed by atoms with E-state index in [2.05, 4.69) is 15.5 Å². The lowest BCUT2D eigenvalue weighted by Crippen LogP contribution is -2.45. The van der Waals surface area contributed by atoms with E-state index in [1.54, 1.807) is 13.8 Å². The second kappa shape index (κ2) is 5.29. The van der Waals surface area contributed by atoms with Crippen LogP contribution in [-0.2, 0) is 10.2 Å². The van der Waals surface area contributed by atoms with E-state index in [0.29, 0.717) is 5.13 Å². The third kappa shape index (κ3) is 4.57. The van der Waals surface area contributed by atoms with Crippen molar-refractivity contribution in [3.8, 4) is 0 Å². The highest BCUT2D eigenvalue weighted by atomic mass is 35.5. The van der Waals surface area contributed by atoms with E-state index in [4.69, 9.17) is 5.73 Å². The molecule has 0 spiro atoms. The van der Waals surface area contributed by atoms with E-state index >= 15 is 0 Å². The smallest absolute Gasteiger partial charge is 0.245 e. The van der Waals surface area contributed by atoms with Crippen molar-refractivity contribution in [2.75, 3.05) is 5.32 Å². The second-order valence-electron chi connectivity index (χ2n) is 5.34. The number of nitrogens with two attached hydrogens (primary N) is 1. The van der Waals surface area contributed by atoms with Crippen molar-refractivity contribution in [2.45, 2.75) is 45.6 Å². The van der Waals surface area contributed by atoms with Gasteiger partial charge >= 0.3 is 0 Å². The van der Waals surface area contributed by atoms with Crippen molar-refractivity contribution in [1.29, 1.82) is 0 Å². The molecular weight excluding hydrogens is 260 g/mol. The van der Waals surface area contributed by atoms with Gasteiger partial charge < -0.3 is 5.73 Å². The average molecular weight is 279 g/mol. The van der Waals surface area contributed by atoms with E-state index in [9.17, 15) is 4.79 Å². The normalized spacial score (nSPS) is 11.9. The average Bonchev–Trinajstić information content (AvgIpc) is 2.49. The van der Waals surface area contributed by atoms with Crippen molar-refractivity contribution >= 4 is 34.8 Å². The van der Waals surface area contributed by atoms with Gasteiger partial charge in [0, 0.05) is 5.41 Å². The van der Waals surface area contributed by atoms with Gasteiger partial charge in [-0.1, -0.05) is 32.1 Å². The first-order chi connectivity index (χ1) is 7.10. The summed E-state index contributed by atoms with van der Waals surface area (Å²) in [6.45, 7) is 9.44. The van der Waals surface area contributed by atoms with Crippen molar-refractivity contribution in [2.24, 2.45) is 5.73 Å². The van der Waals surface area contributed by atoms with Gasteiger partial charge in [0.25, 0.3) is 0 Å². The molecule has 0 saturated heterocycles. The van der Waals surface area contributed by atoms with Crippen molar-refractivity contribution in [1.82, 2.24) is 10.2 Å². The first-order valence-corrected chi connectivity index (χ1v) is 5.86. The molecule has 0 unspecified atom stereocenters. The summed E-state index contributed by atoms with van der Waals surface area (Å²) < 4.78 is 0. The summed E-state index contributed by atoms with van der Waals surface area (Å²) in [6, 6.07) is 0. The molecule has 1 aromatic rings. The summed E-state index contributed by atoms with van der Waals surface area (Å²) in [5.74, 6) is -0.260. The molecule has 0 bridgehead atoms. The van der Waals surface area contributed by atoms with Crippen molar-refractivity contribution < 1.29 is 4.79 Å². The van der Waals surface area contributed by atoms with E-state index in [-0.39, 0.29) is 23.7 Å². The molecule has 1 heterocycles. The van der Waals surface area contributed by atoms with Gasteiger partial charge in [0.2, 0.25) is 11.0 Å². The molecule has 0 fully saturated rings. The first kappa shape index (κ1) is 16.3. The highest BCUT2D eigenvalue weighted by Crippen LogP contribution is 2.27. The van der Waals surface area contributed by atoms with Crippen LogP contribution in [-0.4, -0.2) is 21.6 Å². The number of hydrogen-bond acceptors (Lipinski definition) is 5. The molecule has 3 N–H and O–H groups in total. The Hall–Kier alpha value is -0.720. The summed E-state index contributed by atoms with van der Waals surface area (Å²) in [6.07, 6.45) is 0. The van der Waals surface area contributed by atoms with Crippen LogP contribution in [0.5, 0.6) is 0 Å². The van der Waals surface area contributed by atoms with Crippen LogP contribution < -0.4 is 11.1 Å². The van der Waals surface area contributed by atoms with Crippen LogP contribution in [0.3, 0.4) is 0 Å². The van der Waals surface area contributed by atoms with Crippen LogP contribution in [0.1, 0.15) is 39.6 Å². The molecule has 0 aliphatic carbocycles. The van der Waals surface area contributed by atoms with Gasteiger partial charge in [-0.25, -0.2) is 0 Å². The minimum atomic E-state index is -0.909. The lowest BCUT2D eigenvalue weighted by molar-refractivity contribution is -0.120. The lowest BCUT2D eigenvalue weighted by Gasteiger charge is -2.16. The quantitative estimate of drug-likeness (QED) is 0.866. The Labute approximate surface area is 112 Å². The maximum Gasteiger partial charge on any atom is 0.245 e. The number of rotatable bonds is 2. The summed E-state index contributed by atoms with van der Waals surface area (Å²) in [5, 5.41) is 12.0. The molecule has 1 aromatic heterocycles. The Morgan fingerprint density at radius 3 is 2.12 bits per heavy atom. The van der Waals surface area contributed by atoms with Crippen LogP contribution >= 0.6 is 23.7 Å². The number of carbonyl (C=O) groups is 1. The standard InChI is InChI=1S/C10H18N4OS.ClH/c1-9(2,3)7-13-14-8(16-7)12-6(15)10(4,5)11;/h11H2,1-5H3,(H,12,14,15);1H. The molecule has 98 valence electrons. The number of aromatic nitrogens is 2. The van der Waals surface area contributed by atoms with Gasteiger partial charge in [-0.15, -0.1) is 22.6 Å². The highest BCUT2D eigenvalue weighted by Gasteiger charge is 2.24. The first-order valence-electron chi connectivity index (χ1n) is 5.05. The second-order valence-corrected chi connectivity index (χ2v) is 6.32. The van der Waals surface area contributed by atoms with Gasteiger partial charge in [-0.05, 0) is 13.8 Å². The van der Waals surface area contributed by atoms with Gasteiger partial charge in [-0.3, -0.25) is 10.1 Å². The molecule has 1 amide bonds.